The number of halogens is 2. The number of nitrogens with zero attached hydrogens (tertiary/aromatic N) is 2. The van der Waals surface area contributed by atoms with Gasteiger partial charge in [0.05, 0.1) is 13.3 Å². The standard InChI is InChI=1S/C9H8Br2N2OS/c1-13-6(2-3-12-13)8(14)5-4-7(10)15-9(5)11/h2-4,8,14H,1H3. The zero-order valence-electron chi connectivity index (χ0n) is 7.82. The van der Waals surface area contributed by atoms with Crippen LogP contribution in [0.4, 0.5) is 0 Å². The minimum absolute atomic E-state index is 0.644. The van der Waals surface area contributed by atoms with Crippen LogP contribution in [0.1, 0.15) is 17.4 Å². The summed E-state index contributed by atoms with van der Waals surface area (Å²) in [6, 6.07) is 3.72. The lowest BCUT2D eigenvalue weighted by Gasteiger charge is -2.09. The van der Waals surface area contributed by atoms with Gasteiger partial charge in [0.25, 0.3) is 0 Å². The maximum absolute atomic E-state index is 10.2. The minimum atomic E-state index is -0.644. The summed E-state index contributed by atoms with van der Waals surface area (Å²) in [6.45, 7) is 0. The molecule has 0 aromatic carbocycles. The highest BCUT2D eigenvalue weighted by Crippen LogP contribution is 2.37. The van der Waals surface area contributed by atoms with Crippen LogP contribution < -0.4 is 0 Å². The molecule has 0 aliphatic rings. The molecule has 0 aliphatic heterocycles. The third kappa shape index (κ3) is 2.18. The molecule has 0 aliphatic carbocycles. The van der Waals surface area contributed by atoms with Crippen LogP contribution in [-0.2, 0) is 7.05 Å². The van der Waals surface area contributed by atoms with E-state index < -0.39 is 6.10 Å². The van der Waals surface area contributed by atoms with Crippen LogP contribution in [0.5, 0.6) is 0 Å². The number of hydrogen-bond donors (Lipinski definition) is 1. The molecule has 1 unspecified atom stereocenters. The fraction of sp³-hybridized carbons (Fsp3) is 0.222. The lowest BCUT2D eigenvalue weighted by atomic mass is 10.1. The maximum Gasteiger partial charge on any atom is 0.123 e. The minimum Gasteiger partial charge on any atom is -0.382 e. The SMILES string of the molecule is Cn1nccc1C(O)c1cc(Br)sc1Br. The lowest BCUT2D eigenvalue weighted by molar-refractivity contribution is 0.209. The van der Waals surface area contributed by atoms with Gasteiger partial charge < -0.3 is 5.11 Å². The van der Waals surface area contributed by atoms with E-state index >= 15 is 0 Å². The molecule has 15 heavy (non-hydrogen) atoms. The van der Waals surface area contributed by atoms with Gasteiger partial charge in [-0.25, -0.2) is 0 Å². The summed E-state index contributed by atoms with van der Waals surface area (Å²) in [5, 5.41) is 14.2. The average molecular weight is 352 g/mol. The predicted octanol–water partition coefficient (Wildman–Crippen LogP) is 3.09. The quantitative estimate of drug-likeness (QED) is 0.902. The highest BCUT2D eigenvalue weighted by Gasteiger charge is 2.18. The van der Waals surface area contributed by atoms with Crippen molar-refractivity contribution < 1.29 is 5.11 Å². The molecular formula is C9H8Br2N2OS. The second-order valence-corrected chi connectivity index (χ2v) is 6.81. The number of aryl methyl sites for hydroxylation is 1. The number of thiophene rings is 1. The van der Waals surface area contributed by atoms with Crippen LogP contribution in [-0.4, -0.2) is 14.9 Å². The summed E-state index contributed by atoms with van der Waals surface area (Å²) in [6.07, 6.45) is 1.03. The van der Waals surface area contributed by atoms with E-state index in [1.165, 1.54) is 0 Å². The molecule has 80 valence electrons. The van der Waals surface area contributed by atoms with Gasteiger partial charge in [0, 0.05) is 18.8 Å². The predicted molar refractivity (Wildman–Crippen MR) is 67.0 cm³/mol. The summed E-state index contributed by atoms with van der Waals surface area (Å²) < 4.78 is 3.59. The van der Waals surface area contributed by atoms with Crippen LogP contribution in [0.2, 0.25) is 0 Å². The van der Waals surface area contributed by atoms with Crippen LogP contribution in [0.3, 0.4) is 0 Å². The van der Waals surface area contributed by atoms with Crippen molar-refractivity contribution in [3.63, 3.8) is 0 Å². The van der Waals surface area contributed by atoms with Crippen molar-refractivity contribution in [1.82, 2.24) is 9.78 Å². The third-order valence-electron chi connectivity index (χ3n) is 2.12. The Bertz CT molecular complexity index is 480. The Morgan fingerprint density at radius 3 is 2.73 bits per heavy atom. The van der Waals surface area contributed by atoms with Gasteiger partial charge in [0.15, 0.2) is 0 Å². The van der Waals surface area contributed by atoms with Gasteiger partial charge in [-0.3, -0.25) is 4.68 Å². The topological polar surface area (TPSA) is 38.0 Å². The van der Waals surface area contributed by atoms with Gasteiger partial charge in [-0.2, -0.15) is 5.10 Å². The fourth-order valence-electron chi connectivity index (χ4n) is 1.35. The molecule has 3 nitrogen and oxygen atoms in total. The summed E-state index contributed by atoms with van der Waals surface area (Å²) in [5.74, 6) is 0. The molecule has 1 atom stereocenters. The zero-order valence-corrected chi connectivity index (χ0v) is 11.8. The first kappa shape index (κ1) is 11.3. The van der Waals surface area contributed by atoms with E-state index in [1.807, 2.05) is 19.2 Å². The first-order valence-electron chi connectivity index (χ1n) is 4.20. The van der Waals surface area contributed by atoms with Gasteiger partial charge in [0.2, 0.25) is 0 Å². The van der Waals surface area contributed by atoms with Crippen molar-refractivity contribution in [2.45, 2.75) is 6.10 Å². The van der Waals surface area contributed by atoms with Crippen molar-refractivity contribution in [2.24, 2.45) is 7.05 Å². The Morgan fingerprint density at radius 2 is 2.27 bits per heavy atom. The van der Waals surface area contributed by atoms with Crippen LogP contribution >= 0.6 is 43.2 Å². The van der Waals surface area contributed by atoms with Crippen molar-refractivity contribution in [2.75, 3.05) is 0 Å². The molecule has 0 saturated carbocycles. The number of hydrogen-bond acceptors (Lipinski definition) is 3. The monoisotopic (exact) mass is 350 g/mol. The maximum atomic E-state index is 10.2. The molecule has 0 fully saturated rings. The van der Waals surface area contributed by atoms with Crippen LogP contribution in [0, 0.1) is 0 Å². The molecule has 2 aromatic rings. The number of aliphatic hydroxyl groups is 1. The lowest BCUT2D eigenvalue weighted by Crippen LogP contribution is -2.06. The smallest absolute Gasteiger partial charge is 0.123 e. The van der Waals surface area contributed by atoms with E-state index in [0.29, 0.717) is 0 Å². The molecule has 0 bridgehead atoms. The Morgan fingerprint density at radius 1 is 1.53 bits per heavy atom. The molecule has 0 radical (unpaired) electrons. The molecule has 0 spiro atoms. The second kappa shape index (κ2) is 4.37. The van der Waals surface area contributed by atoms with E-state index in [-0.39, 0.29) is 0 Å². The van der Waals surface area contributed by atoms with E-state index in [9.17, 15) is 5.11 Å². The number of aliphatic hydroxyl groups excluding tert-OH is 1. The highest BCUT2D eigenvalue weighted by molar-refractivity contribution is 9.12. The van der Waals surface area contributed by atoms with Gasteiger partial charge >= 0.3 is 0 Å². The number of aromatic nitrogens is 2. The largest absolute Gasteiger partial charge is 0.382 e. The molecule has 0 saturated heterocycles. The van der Waals surface area contributed by atoms with Crippen molar-refractivity contribution in [3.8, 4) is 0 Å². The Labute approximate surface area is 108 Å². The first-order chi connectivity index (χ1) is 7.09. The number of rotatable bonds is 2. The first-order valence-corrected chi connectivity index (χ1v) is 6.60. The highest BCUT2D eigenvalue weighted by atomic mass is 79.9. The van der Waals surface area contributed by atoms with E-state index in [2.05, 4.69) is 37.0 Å². The Hall–Kier alpha value is -0.170. The zero-order chi connectivity index (χ0) is 11.0. The van der Waals surface area contributed by atoms with Crippen LogP contribution in [0.15, 0.2) is 25.9 Å². The Kier molecular flexibility index (Phi) is 3.30. The summed E-state index contributed by atoms with van der Waals surface area (Å²) in [5.41, 5.74) is 1.64. The average Bonchev–Trinajstić information content (AvgIpc) is 2.71. The molecule has 2 rings (SSSR count). The van der Waals surface area contributed by atoms with Gasteiger partial charge in [-0.05, 0) is 44.0 Å². The van der Waals surface area contributed by atoms with Crippen LogP contribution in [0.25, 0.3) is 0 Å². The van der Waals surface area contributed by atoms with Crippen molar-refractivity contribution >= 4 is 43.2 Å². The molecule has 1 N–H and O–H groups in total. The summed E-state index contributed by atoms with van der Waals surface area (Å²) in [4.78, 5) is 0. The van der Waals surface area contributed by atoms with Gasteiger partial charge in [0.1, 0.15) is 6.10 Å². The van der Waals surface area contributed by atoms with E-state index in [1.54, 1.807) is 22.2 Å². The van der Waals surface area contributed by atoms with E-state index in [4.69, 9.17) is 0 Å². The van der Waals surface area contributed by atoms with E-state index in [0.717, 1.165) is 18.8 Å². The Balaban J connectivity index is 2.40. The summed E-state index contributed by atoms with van der Waals surface area (Å²) in [7, 11) is 1.81. The van der Waals surface area contributed by atoms with Crippen molar-refractivity contribution in [3.05, 3.63) is 37.2 Å². The molecular weight excluding hydrogens is 344 g/mol. The van der Waals surface area contributed by atoms with Crippen molar-refractivity contribution in [1.29, 1.82) is 0 Å². The normalized spacial score (nSPS) is 13.1. The second-order valence-electron chi connectivity index (χ2n) is 3.06. The molecule has 2 heterocycles. The fourth-order valence-corrected chi connectivity index (χ4v) is 4.23. The van der Waals surface area contributed by atoms with Gasteiger partial charge in [-0.1, -0.05) is 0 Å². The molecule has 2 aromatic heterocycles. The third-order valence-corrected chi connectivity index (χ3v) is 4.50. The molecule has 6 heteroatoms. The molecule has 0 amide bonds. The van der Waals surface area contributed by atoms with Gasteiger partial charge in [-0.15, -0.1) is 11.3 Å². The summed E-state index contributed by atoms with van der Waals surface area (Å²) >= 11 is 8.36.